The minimum absolute atomic E-state index is 0.0508. The lowest BCUT2D eigenvalue weighted by molar-refractivity contribution is 0.201. The van der Waals surface area contributed by atoms with E-state index in [0.717, 1.165) is 11.4 Å². The van der Waals surface area contributed by atoms with Gasteiger partial charge in [-0.1, -0.05) is 6.07 Å². The Kier molecular flexibility index (Phi) is 4.05. The number of pyridine rings is 1. The van der Waals surface area contributed by atoms with Gasteiger partial charge in [0.2, 0.25) is 0 Å². The number of anilines is 1. The minimum Gasteiger partial charge on any atom is -0.392 e. The molecule has 4 nitrogen and oxygen atoms in total. The molecule has 0 amide bonds. The van der Waals surface area contributed by atoms with Crippen LogP contribution < -0.4 is 10.6 Å². The first-order valence-corrected chi connectivity index (χ1v) is 5.12. The number of aliphatic hydroxyl groups excluding tert-OH is 1. The van der Waals surface area contributed by atoms with Gasteiger partial charge < -0.3 is 15.7 Å². The molecule has 2 atom stereocenters. The molecule has 0 spiro atoms. The van der Waals surface area contributed by atoms with E-state index in [1.54, 1.807) is 13.1 Å². The topological polar surface area (TPSA) is 62.4 Å². The lowest BCUT2D eigenvalue weighted by Gasteiger charge is -2.23. The number of aromatic nitrogens is 1. The van der Waals surface area contributed by atoms with E-state index in [9.17, 15) is 5.11 Å². The van der Waals surface area contributed by atoms with Crippen molar-refractivity contribution >= 4 is 5.82 Å². The van der Waals surface area contributed by atoms with Gasteiger partial charge in [0.15, 0.2) is 0 Å². The quantitative estimate of drug-likeness (QED) is 0.774. The summed E-state index contributed by atoms with van der Waals surface area (Å²) in [5.41, 5.74) is 6.85. The average molecular weight is 209 g/mol. The number of likely N-dealkylation sites (N-methyl/N-ethyl adjacent to an activating group) is 1. The van der Waals surface area contributed by atoms with Crippen molar-refractivity contribution in [1.82, 2.24) is 4.98 Å². The van der Waals surface area contributed by atoms with Crippen LogP contribution in [-0.4, -0.2) is 29.8 Å². The van der Waals surface area contributed by atoms with Gasteiger partial charge in [-0.05, 0) is 19.9 Å². The van der Waals surface area contributed by atoms with E-state index in [2.05, 4.69) is 4.98 Å². The van der Waals surface area contributed by atoms with Crippen LogP contribution in [0.5, 0.6) is 0 Å². The standard InChI is InChI=1S/C11H19N3O/c1-8(15)7-14(3)11-10(9(2)12)5-4-6-13-11/h4-6,8-9,15H,7,12H2,1-3H3/t8?,9-/m0/s1. The summed E-state index contributed by atoms with van der Waals surface area (Å²) in [6.07, 6.45) is 1.36. The van der Waals surface area contributed by atoms with Crippen LogP contribution >= 0.6 is 0 Å². The van der Waals surface area contributed by atoms with Crippen molar-refractivity contribution in [3.63, 3.8) is 0 Å². The largest absolute Gasteiger partial charge is 0.392 e. The van der Waals surface area contributed by atoms with E-state index in [1.807, 2.05) is 31.0 Å². The molecule has 0 aliphatic heterocycles. The van der Waals surface area contributed by atoms with E-state index < -0.39 is 0 Å². The first-order valence-electron chi connectivity index (χ1n) is 5.12. The van der Waals surface area contributed by atoms with E-state index in [1.165, 1.54) is 0 Å². The van der Waals surface area contributed by atoms with Crippen LogP contribution in [0.2, 0.25) is 0 Å². The maximum absolute atomic E-state index is 9.31. The van der Waals surface area contributed by atoms with Crippen molar-refractivity contribution in [1.29, 1.82) is 0 Å². The molecule has 0 aliphatic rings. The summed E-state index contributed by atoms with van der Waals surface area (Å²) in [6, 6.07) is 3.79. The molecular weight excluding hydrogens is 190 g/mol. The van der Waals surface area contributed by atoms with Crippen molar-refractivity contribution in [3.05, 3.63) is 23.9 Å². The van der Waals surface area contributed by atoms with Gasteiger partial charge in [-0.3, -0.25) is 0 Å². The molecule has 15 heavy (non-hydrogen) atoms. The van der Waals surface area contributed by atoms with Crippen molar-refractivity contribution in [2.24, 2.45) is 5.73 Å². The molecule has 1 aromatic rings. The molecule has 1 unspecified atom stereocenters. The average Bonchev–Trinajstić information content (AvgIpc) is 2.16. The molecule has 4 heteroatoms. The van der Waals surface area contributed by atoms with Gasteiger partial charge in [-0.25, -0.2) is 4.98 Å². The molecule has 0 saturated heterocycles. The smallest absolute Gasteiger partial charge is 0.133 e. The Morgan fingerprint density at radius 3 is 2.73 bits per heavy atom. The fourth-order valence-corrected chi connectivity index (χ4v) is 1.57. The third-order valence-corrected chi connectivity index (χ3v) is 2.21. The van der Waals surface area contributed by atoms with Crippen LogP contribution in [0.25, 0.3) is 0 Å². The zero-order valence-electron chi connectivity index (χ0n) is 9.51. The van der Waals surface area contributed by atoms with Crippen LogP contribution in [0.1, 0.15) is 25.5 Å². The molecule has 84 valence electrons. The number of nitrogens with zero attached hydrogens (tertiary/aromatic N) is 2. The fourth-order valence-electron chi connectivity index (χ4n) is 1.57. The van der Waals surface area contributed by atoms with Gasteiger partial charge in [0.1, 0.15) is 5.82 Å². The second kappa shape index (κ2) is 5.09. The van der Waals surface area contributed by atoms with Crippen molar-refractivity contribution in [3.8, 4) is 0 Å². The van der Waals surface area contributed by atoms with Gasteiger partial charge in [-0.2, -0.15) is 0 Å². The summed E-state index contributed by atoms with van der Waals surface area (Å²) in [5, 5.41) is 9.31. The maximum Gasteiger partial charge on any atom is 0.133 e. The van der Waals surface area contributed by atoms with Crippen LogP contribution in [0, 0.1) is 0 Å². The normalized spacial score (nSPS) is 14.7. The van der Waals surface area contributed by atoms with Crippen LogP contribution in [0.3, 0.4) is 0 Å². The monoisotopic (exact) mass is 209 g/mol. The van der Waals surface area contributed by atoms with Crippen molar-refractivity contribution in [2.75, 3.05) is 18.5 Å². The molecule has 0 fully saturated rings. The summed E-state index contributed by atoms with van der Waals surface area (Å²) in [6.45, 7) is 4.23. The number of rotatable bonds is 4. The Bertz CT molecular complexity index is 312. The predicted octanol–water partition coefficient (Wildman–Crippen LogP) is 0.918. The molecule has 0 radical (unpaired) electrons. The second-order valence-electron chi connectivity index (χ2n) is 3.93. The lowest BCUT2D eigenvalue weighted by Crippen LogP contribution is -2.29. The number of aliphatic hydroxyl groups is 1. The Hall–Kier alpha value is -1.13. The number of nitrogens with two attached hydrogens (primary N) is 1. The minimum atomic E-state index is -0.377. The van der Waals surface area contributed by atoms with Crippen molar-refractivity contribution in [2.45, 2.75) is 26.0 Å². The molecule has 1 aromatic heterocycles. The maximum atomic E-state index is 9.31. The summed E-state index contributed by atoms with van der Waals surface area (Å²) in [7, 11) is 1.90. The Morgan fingerprint density at radius 1 is 1.53 bits per heavy atom. The van der Waals surface area contributed by atoms with Gasteiger partial charge in [0.05, 0.1) is 6.10 Å². The van der Waals surface area contributed by atoms with Crippen LogP contribution in [0.4, 0.5) is 5.82 Å². The highest BCUT2D eigenvalue weighted by atomic mass is 16.3. The first-order chi connectivity index (χ1) is 7.02. The third kappa shape index (κ3) is 3.18. The van der Waals surface area contributed by atoms with Crippen LogP contribution in [-0.2, 0) is 0 Å². The molecule has 3 N–H and O–H groups in total. The third-order valence-electron chi connectivity index (χ3n) is 2.21. The zero-order chi connectivity index (χ0) is 11.4. The highest BCUT2D eigenvalue weighted by molar-refractivity contribution is 5.47. The van der Waals surface area contributed by atoms with Gasteiger partial charge >= 0.3 is 0 Å². The summed E-state index contributed by atoms with van der Waals surface area (Å²) in [4.78, 5) is 6.21. The van der Waals surface area contributed by atoms with E-state index in [-0.39, 0.29) is 12.1 Å². The predicted molar refractivity (Wildman–Crippen MR) is 61.8 cm³/mol. The molecule has 0 bridgehead atoms. The molecule has 1 heterocycles. The molecule has 0 aliphatic carbocycles. The molecule has 0 saturated carbocycles. The van der Waals surface area contributed by atoms with Crippen LogP contribution in [0.15, 0.2) is 18.3 Å². The van der Waals surface area contributed by atoms with Gasteiger partial charge in [0.25, 0.3) is 0 Å². The number of hydrogen-bond donors (Lipinski definition) is 2. The molecule has 1 rings (SSSR count). The van der Waals surface area contributed by atoms with Crippen molar-refractivity contribution < 1.29 is 5.11 Å². The molecular formula is C11H19N3O. The number of hydrogen-bond acceptors (Lipinski definition) is 4. The van der Waals surface area contributed by atoms with Gasteiger partial charge in [-0.15, -0.1) is 0 Å². The second-order valence-corrected chi connectivity index (χ2v) is 3.93. The highest BCUT2D eigenvalue weighted by Crippen LogP contribution is 2.21. The Balaban J connectivity index is 2.92. The fraction of sp³-hybridized carbons (Fsp3) is 0.545. The summed E-state index contributed by atoms with van der Waals surface area (Å²) in [5.74, 6) is 0.841. The Labute approximate surface area is 90.7 Å². The van der Waals surface area contributed by atoms with E-state index in [0.29, 0.717) is 6.54 Å². The molecule has 0 aromatic carbocycles. The highest BCUT2D eigenvalue weighted by Gasteiger charge is 2.12. The SMILES string of the molecule is CC(O)CN(C)c1ncccc1[C@H](C)N. The van der Waals surface area contributed by atoms with Gasteiger partial charge in [0, 0.05) is 31.4 Å². The summed E-state index contributed by atoms with van der Waals surface area (Å²) < 4.78 is 0. The van der Waals surface area contributed by atoms with E-state index >= 15 is 0 Å². The van der Waals surface area contributed by atoms with E-state index in [4.69, 9.17) is 5.73 Å². The zero-order valence-corrected chi connectivity index (χ0v) is 9.51. The summed E-state index contributed by atoms with van der Waals surface area (Å²) >= 11 is 0. The lowest BCUT2D eigenvalue weighted by atomic mass is 10.1. The Morgan fingerprint density at radius 2 is 2.20 bits per heavy atom. The first kappa shape index (κ1) is 11.9.